The molecule has 4 rings (SSSR count). The van der Waals surface area contributed by atoms with Gasteiger partial charge in [0, 0.05) is 22.8 Å². The number of carbonyl (C=O) groups excluding carboxylic acids is 2. The molecule has 0 saturated carbocycles. The van der Waals surface area contributed by atoms with E-state index < -0.39 is 0 Å². The summed E-state index contributed by atoms with van der Waals surface area (Å²) in [4.78, 5) is 27.0. The van der Waals surface area contributed by atoms with Crippen molar-refractivity contribution in [1.29, 1.82) is 0 Å². The predicted molar refractivity (Wildman–Crippen MR) is 109 cm³/mol. The molecule has 1 saturated heterocycles. The van der Waals surface area contributed by atoms with Gasteiger partial charge in [0.05, 0.1) is 6.04 Å². The van der Waals surface area contributed by atoms with Crippen LogP contribution in [0.4, 0.5) is 10.1 Å². The fraction of sp³-hybridized carbons (Fsp3) is 0.200. The number of carbonyl (C=O) groups is 2. The van der Waals surface area contributed by atoms with Crippen LogP contribution in [0.15, 0.2) is 48.5 Å². The van der Waals surface area contributed by atoms with Crippen molar-refractivity contribution in [1.82, 2.24) is 15.1 Å². The van der Waals surface area contributed by atoms with Crippen LogP contribution >= 0.6 is 22.9 Å². The van der Waals surface area contributed by atoms with Crippen LogP contribution in [0.5, 0.6) is 0 Å². The van der Waals surface area contributed by atoms with Gasteiger partial charge in [-0.25, -0.2) is 4.39 Å². The van der Waals surface area contributed by atoms with Crippen LogP contribution in [0.2, 0.25) is 5.02 Å². The van der Waals surface area contributed by atoms with Crippen LogP contribution in [0, 0.1) is 5.82 Å². The van der Waals surface area contributed by atoms with Gasteiger partial charge in [0.1, 0.15) is 10.8 Å². The highest BCUT2D eigenvalue weighted by molar-refractivity contribution is 7.13. The molecule has 6 nitrogen and oxygen atoms in total. The zero-order chi connectivity index (χ0) is 20.4. The van der Waals surface area contributed by atoms with E-state index >= 15 is 0 Å². The van der Waals surface area contributed by atoms with Crippen LogP contribution in [0.25, 0.3) is 0 Å². The van der Waals surface area contributed by atoms with Gasteiger partial charge >= 0.3 is 0 Å². The van der Waals surface area contributed by atoms with E-state index in [0.29, 0.717) is 27.8 Å². The first kappa shape index (κ1) is 19.5. The number of likely N-dealkylation sites (tertiary alicyclic amines) is 1. The second-order valence-electron chi connectivity index (χ2n) is 6.57. The molecule has 2 aromatic carbocycles. The molecule has 0 aliphatic carbocycles. The minimum atomic E-state index is -0.390. The fourth-order valence-electron chi connectivity index (χ4n) is 3.24. The average Bonchev–Trinajstić information content (AvgIpc) is 3.37. The summed E-state index contributed by atoms with van der Waals surface area (Å²) in [6.07, 6.45) is 1.55. The lowest BCUT2D eigenvalue weighted by Gasteiger charge is -2.22. The second-order valence-corrected chi connectivity index (χ2v) is 8.02. The number of hydrogen-bond donors (Lipinski definition) is 1. The Bertz CT molecular complexity index is 1060. The summed E-state index contributed by atoms with van der Waals surface area (Å²) in [7, 11) is 0. The van der Waals surface area contributed by atoms with E-state index in [-0.39, 0.29) is 28.7 Å². The summed E-state index contributed by atoms with van der Waals surface area (Å²) in [5, 5.41) is 12.2. The molecule has 0 spiro atoms. The molecular formula is C20H16ClFN4O2S. The first-order chi connectivity index (χ1) is 14.0. The quantitative estimate of drug-likeness (QED) is 0.658. The van der Waals surface area contributed by atoms with Gasteiger partial charge in [-0.2, -0.15) is 0 Å². The predicted octanol–water partition coefficient (Wildman–Crippen LogP) is 4.56. The molecular weight excluding hydrogens is 415 g/mol. The Hall–Kier alpha value is -2.84. The molecule has 1 N–H and O–H groups in total. The fourth-order valence-corrected chi connectivity index (χ4v) is 4.31. The number of rotatable bonds is 4. The SMILES string of the molecule is O=C(Nc1cccc(Cl)c1)c1nnc(C2CCCN2C(=O)c2ccc(F)cc2)s1. The van der Waals surface area contributed by atoms with Gasteiger partial charge in [-0.15, -0.1) is 10.2 Å². The monoisotopic (exact) mass is 430 g/mol. The molecule has 1 aliphatic rings. The maximum Gasteiger partial charge on any atom is 0.286 e. The smallest absolute Gasteiger partial charge is 0.286 e. The zero-order valence-electron chi connectivity index (χ0n) is 15.1. The summed E-state index contributed by atoms with van der Waals surface area (Å²) in [5.41, 5.74) is 0.981. The number of nitrogens with zero attached hydrogens (tertiary/aromatic N) is 3. The lowest BCUT2D eigenvalue weighted by atomic mass is 10.1. The second kappa shape index (κ2) is 8.26. The summed E-state index contributed by atoms with van der Waals surface area (Å²) in [5.74, 6) is -0.961. The van der Waals surface area contributed by atoms with Gasteiger partial charge in [-0.1, -0.05) is 29.0 Å². The van der Waals surface area contributed by atoms with Gasteiger partial charge in [0.25, 0.3) is 11.8 Å². The molecule has 2 heterocycles. The topological polar surface area (TPSA) is 75.2 Å². The third-order valence-electron chi connectivity index (χ3n) is 4.61. The number of halogens is 2. The molecule has 1 aliphatic heterocycles. The summed E-state index contributed by atoms with van der Waals surface area (Å²) in [6.45, 7) is 0.574. The van der Waals surface area contributed by atoms with Crippen molar-refractivity contribution in [3.63, 3.8) is 0 Å². The largest absolute Gasteiger partial charge is 0.329 e. The maximum absolute atomic E-state index is 13.1. The Labute approximate surface area is 175 Å². The van der Waals surface area contributed by atoms with Gasteiger partial charge < -0.3 is 10.2 Å². The van der Waals surface area contributed by atoms with Crippen LogP contribution in [0.3, 0.4) is 0 Å². The van der Waals surface area contributed by atoms with Crippen LogP contribution in [-0.2, 0) is 0 Å². The number of hydrogen-bond acceptors (Lipinski definition) is 5. The summed E-state index contributed by atoms with van der Waals surface area (Å²) in [6, 6.07) is 12.0. The number of anilines is 1. The molecule has 1 atom stereocenters. The van der Waals surface area contributed by atoms with E-state index in [4.69, 9.17) is 11.6 Å². The maximum atomic E-state index is 13.1. The van der Waals surface area contributed by atoms with Crippen molar-refractivity contribution in [3.05, 3.63) is 74.9 Å². The van der Waals surface area contributed by atoms with Crippen molar-refractivity contribution in [3.8, 4) is 0 Å². The lowest BCUT2D eigenvalue weighted by molar-refractivity contribution is 0.0735. The highest BCUT2D eigenvalue weighted by atomic mass is 35.5. The van der Waals surface area contributed by atoms with E-state index in [0.717, 1.165) is 24.2 Å². The molecule has 2 amide bonds. The van der Waals surface area contributed by atoms with Crippen molar-refractivity contribution < 1.29 is 14.0 Å². The lowest BCUT2D eigenvalue weighted by Crippen LogP contribution is -2.30. The molecule has 148 valence electrons. The zero-order valence-corrected chi connectivity index (χ0v) is 16.7. The first-order valence-corrected chi connectivity index (χ1v) is 10.2. The van der Waals surface area contributed by atoms with Crippen LogP contribution < -0.4 is 5.32 Å². The Morgan fingerprint density at radius 1 is 1.17 bits per heavy atom. The van der Waals surface area contributed by atoms with Crippen molar-refractivity contribution in [2.24, 2.45) is 0 Å². The molecule has 1 fully saturated rings. The van der Waals surface area contributed by atoms with Gasteiger partial charge in [-0.05, 0) is 55.3 Å². The molecule has 0 radical (unpaired) electrons. The molecule has 0 bridgehead atoms. The number of nitrogens with one attached hydrogen (secondary N) is 1. The Morgan fingerprint density at radius 3 is 2.72 bits per heavy atom. The standard InChI is InChI=1S/C20H16ClFN4O2S/c21-13-3-1-4-15(11-13)23-17(27)19-25-24-18(29-19)16-5-2-10-26(16)20(28)12-6-8-14(22)9-7-12/h1,3-4,6-9,11,16H,2,5,10H2,(H,23,27). The summed E-state index contributed by atoms with van der Waals surface area (Å²) < 4.78 is 13.1. The van der Waals surface area contributed by atoms with Gasteiger partial charge in [0.2, 0.25) is 5.01 Å². The molecule has 9 heteroatoms. The van der Waals surface area contributed by atoms with E-state index in [1.807, 2.05) is 0 Å². The van der Waals surface area contributed by atoms with E-state index in [2.05, 4.69) is 15.5 Å². The van der Waals surface area contributed by atoms with E-state index in [1.165, 1.54) is 24.3 Å². The minimum Gasteiger partial charge on any atom is -0.329 e. The normalized spacial score (nSPS) is 16.1. The molecule has 1 unspecified atom stereocenters. The number of amides is 2. The third kappa shape index (κ3) is 4.28. The summed E-state index contributed by atoms with van der Waals surface area (Å²) >= 11 is 7.09. The molecule has 1 aromatic heterocycles. The Balaban J connectivity index is 1.49. The average molecular weight is 431 g/mol. The van der Waals surface area contributed by atoms with Crippen LogP contribution in [0.1, 0.15) is 44.1 Å². The molecule has 3 aromatic rings. The Kier molecular flexibility index (Phi) is 5.55. The number of aromatic nitrogens is 2. The van der Waals surface area contributed by atoms with Crippen LogP contribution in [-0.4, -0.2) is 33.5 Å². The number of benzene rings is 2. The first-order valence-electron chi connectivity index (χ1n) is 8.98. The highest BCUT2D eigenvalue weighted by Gasteiger charge is 2.33. The highest BCUT2D eigenvalue weighted by Crippen LogP contribution is 2.34. The van der Waals surface area contributed by atoms with E-state index in [9.17, 15) is 14.0 Å². The van der Waals surface area contributed by atoms with E-state index in [1.54, 1.807) is 29.2 Å². The third-order valence-corrected chi connectivity index (χ3v) is 5.87. The van der Waals surface area contributed by atoms with Crippen molar-refractivity contribution >= 4 is 40.4 Å². The van der Waals surface area contributed by atoms with Gasteiger partial charge in [0.15, 0.2) is 0 Å². The van der Waals surface area contributed by atoms with Gasteiger partial charge in [-0.3, -0.25) is 9.59 Å². The minimum absolute atomic E-state index is 0.187. The Morgan fingerprint density at radius 2 is 1.97 bits per heavy atom. The van der Waals surface area contributed by atoms with Crippen molar-refractivity contribution in [2.75, 3.05) is 11.9 Å². The van der Waals surface area contributed by atoms with Crippen molar-refractivity contribution in [2.45, 2.75) is 18.9 Å². The molecule has 29 heavy (non-hydrogen) atoms.